The molecule has 6 aromatic carbocycles. The van der Waals surface area contributed by atoms with Crippen LogP contribution in [-0.4, -0.2) is 40.2 Å². The minimum Gasteiger partial charge on any atom is -0.395 e. The fourth-order valence-electron chi connectivity index (χ4n) is 14.0. The second kappa shape index (κ2) is 24.7. The van der Waals surface area contributed by atoms with Gasteiger partial charge in [-0.25, -0.2) is 0 Å². The van der Waals surface area contributed by atoms with Crippen molar-refractivity contribution in [1.82, 2.24) is 0 Å². The summed E-state index contributed by atoms with van der Waals surface area (Å²) < 4.78 is 0. The molecule has 4 aliphatic rings. The van der Waals surface area contributed by atoms with Crippen LogP contribution in [0.2, 0.25) is 0 Å². The largest absolute Gasteiger partial charge is 0.395 e. The summed E-state index contributed by atoms with van der Waals surface area (Å²) in [7, 11) is 0. The molecule has 4 heteroatoms. The van der Waals surface area contributed by atoms with E-state index in [2.05, 4.69) is 283 Å². The summed E-state index contributed by atoms with van der Waals surface area (Å²) in [6.07, 6.45) is 42.2. The van der Waals surface area contributed by atoms with Crippen molar-refractivity contribution in [3.63, 3.8) is 0 Å². The molecule has 0 amide bonds. The minimum absolute atomic E-state index is 0.0297. The van der Waals surface area contributed by atoms with Crippen molar-refractivity contribution in [2.45, 2.75) is 108 Å². The van der Waals surface area contributed by atoms with Crippen LogP contribution in [0.3, 0.4) is 0 Å². The first kappa shape index (κ1) is 57.3. The third-order valence-electron chi connectivity index (χ3n) is 19.0. The first-order chi connectivity index (χ1) is 39.3. The molecule has 0 aromatic heterocycles. The van der Waals surface area contributed by atoms with E-state index in [1.54, 1.807) is 0 Å². The average molecular weight is 1070 g/mol. The Bertz CT molecular complexity index is 3100. The van der Waals surface area contributed by atoms with Crippen LogP contribution in [0.1, 0.15) is 158 Å². The van der Waals surface area contributed by atoms with Gasteiger partial charge in [0.2, 0.25) is 0 Å². The molecule has 6 aromatic rings. The molecule has 0 saturated carbocycles. The van der Waals surface area contributed by atoms with Crippen molar-refractivity contribution in [2.75, 3.05) is 19.8 Å². The van der Waals surface area contributed by atoms with Crippen LogP contribution < -0.4 is 0 Å². The van der Waals surface area contributed by atoms with Crippen LogP contribution >= 0.6 is 0 Å². The molecule has 8 unspecified atom stereocenters. The molecule has 10 rings (SSSR count). The molecule has 4 N–H and O–H groups in total. The number of benzene rings is 6. The molecule has 0 aliphatic heterocycles. The minimum atomic E-state index is -2.18. The first-order valence-electron chi connectivity index (χ1n) is 29.7. The van der Waals surface area contributed by atoms with Gasteiger partial charge in [-0.15, -0.1) is 0 Å². The number of aliphatic hydroxyl groups excluding tert-OH is 3. The molecule has 4 nitrogen and oxygen atoms in total. The highest BCUT2D eigenvalue weighted by molar-refractivity contribution is 5.56. The van der Waals surface area contributed by atoms with Crippen molar-refractivity contribution in [3.8, 4) is 0 Å². The third-order valence-corrected chi connectivity index (χ3v) is 19.0. The topological polar surface area (TPSA) is 80.9 Å². The van der Waals surface area contributed by atoms with Crippen molar-refractivity contribution in [1.29, 1.82) is 0 Å². The number of rotatable bonds is 22. The Hall–Kier alpha value is -6.92. The van der Waals surface area contributed by atoms with Gasteiger partial charge in [0.15, 0.2) is 0 Å². The van der Waals surface area contributed by atoms with Crippen LogP contribution in [0.15, 0.2) is 255 Å². The van der Waals surface area contributed by atoms with E-state index in [0.29, 0.717) is 24.0 Å². The molecule has 0 radical (unpaired) electrons. The van der Waals surface area contributed by atoms with E-state index < -0.39 is 30.8 Å². The molecule has 8 atom stereocenters. The van der Waals surface area contributed by atoms with Crippen LogP contribution in [-0.2, 0) is 5.60 Å². The van der Waals surface area contributed by atoms with Crippen LogP contribution in [0.4, 0.5) is 0 Å². The van der Waals surface area contributed by atoms with Gasteiger partial charge >= 0.3 is 0 Å². The maximum Gasteiger partial charge on any atom is 0.127 e. The summed E-state index contributed by atoms with van der Waals surface area (Å²) in [5, 5.41) is 51.9. The lowest BCUT2D eigenvalue weighted by Gasteiger charge is -2.48. The van der Waals surface area contributed by atoms with Crippen LogP contribution in [0.25, 0.3) is 0 Å². The van der Waals surface area contributed by atoms with Gasteiger partial charge in [-0.1, -0.05) is 283 Å². The number of hydrogen-bond acceptors (Lipinski definition) is 4. The number of allylic oxidation sites excluding steroid dienone is 16. The summed E-state index contributed by atoms with van der Waals surface area (Å²) in [5.41, 5.74) is 4.95. The first-order valence-corrected chi connectivity index (χ1v) is 29.7. The molecular weight excluding hydrogens is 989 g/mol. The van der Waals surface area contributed by atoms with Gasteiger partial charge in [0, 0.05) is 23.7 Å². The highest BCUT2D eigenvalue weighted by Crippen LogP contribution is 2.56. The Morgan fingerprint density at radius 1 is 0.346 bits per heavy atom. The zero-order valence-electron chi connectivity index (χ0n) is 48.1. The number of hydrogen-bond donors (Lipinski definition) is 4. The summed E-state index contributed by atoms with van der Waals surface area (Å²) in [5.74, 6) is -0.617. The Morgan fingerprint density at radius 2 is 0.617 bits per heavy atom. The van der Waals surface area contributed by atoms with Crippen molar-refractivity contribution < 1.29 is 20.4 Å². The zero-order chi connectivity index (χ0) is 56.6. The Morgan fingerprint density at radius 3 is 0.877 bits per heavy atom. The van der Waals surface area contributed by atoms with Crippen molar-refractivity contribution >= 4 is 0 Å². The van der Waals surface area contributed by atoms with Gasteiger partial charge in [-0.05, 0) is 129 Å². The van der Waals surface area contributed by atoms with Crippen molar-refractivity contribution in [3.05, 3.63) is 311 Å². The molecule has 0 heterocycles. The van der Waals surface area contributed by atoms with Gasteiger partial charge in [-0.3, -0.25) is 0 Å². The monoisotopic (exact) mass is 1070 g/mol. The summed E-state index contributed by atoms with van der Waals surface area (Å²) in [6, 6.07) is 56.3. The zero-order valence-corrected chi connectivity index (χ0v) is 48.1. The summed E-state index contributed by atoms with van der Waals surface area (Å²) in [4.78, 5) is 0. The predicted molar refractivity (Wildman–Crippen MR) is 335 cm³/mol. The Balaban J connectivity index is 1.30. The van der Waals surface area contributed by atoms with E-state index in [9.17, 15) is 15.3 Å². The SMILES string of the molecule is CC1(CC(c2ccccc2)c2ccc(C(O)(c3ccc(C(CC4(C)C=CC=CC4)c4ccccc4)cc3C(CC3(C)C=CC=CC3)c3ccccc3)C(CO)(CO)CO)c(C(CC3(C)C=CC=CC3)c3ccccc3)c2)C=CC=CC1. The van der Waals surface area contributed by atoms with Gasteiger partial charge < -0.3 is 20.4 Å². The molecule has 0 fully saturated rings. The molecule has 0 saturated heterocycles. The fraction of sp³-hybridized carbons (Fsp3) is 0.325. The molecule has 0 spiro atoms. The third kappa shape index (κ3) is 12.3. The van der Waals surface area contributed by atoms with Gasteiger partial charge in [0.1, 0.15) is 5.60 Å². The highest BCUT2D eigenvalue weighted by Gasteiger charge is 2.55. The lowest BCUT2D eigenvalue weighted by Crippen LogP contribution is -2.55. The van der Waals surface area contributed by atoms with Gasteiger partial charge in [-0.2, -0.15) is 0 Å². The van der Waals surface area contributed by atoms with E-state index in [-0.39, 0.29) is 45.3 Å². The lowest BCUT2D eigenvalue weighted by molar-refractivity contribution is -0.137. The van der Waals surface area contributed by atoms with Gasteiger partial charge in [0.25, 0.3) is 0 Å². The number of aliphatic hydroxyl groups is 4. The second-order valence-corrected chi connectivity index (χ2v) is 25.4. The fourth-order valence-corrected chi connectivity index (χ4v) is 14.0. The van der Waals surface area contributed by atoms with E-state index in [4.69, 9.17) is 0 Å². The summed E-state index contributed by atoms with van der Waals surface area (Å²) >= 11 is 0. The Kier molecular flexibility index (Phi) is 17.5. The molecule has 416 valence electrons. The molecular formula is C77H84O4. The van der Waals surface area contributed by atoms with Crippen LogP contribution in [0, 0.1) is 27.1 Å². The van der Waals surface area contributed by atoms with Gasteiger partial charge in [0.05, 0.1) is 25.2 Å². The normalized spacial score (nSPS) is 24.4. The average Bonchev–Trinajstić information content (AvgIpc) is 2.86. The van der Waals surface area contributed by atoms with E-state index >= 15 is 5.11 Å². The quantitative estimate of drug-likeness (QED) is 0.0546. The van der Waals surface area contributed by atoms with E-state index in [0.717, 1.165) is 71.9 Å². The molecule has 4 aliphatic carbocycles. The standard InChI is InChI=1S/C77H84O4/c1-72(41-21-9-22-42-72)51-66(58-29-13-5-14-30-58)62-37-39-70(64(49-62)68(60-33-17-7-18-34-60)53-74(3)45-25-11-26-46-74)77(81,76(55-78,56-79)57-80)71-40-38-63(67(59-31-15-6-16-32-59)52-73(2)43-23-10-24-44-73)50-65(71)69(61-35-19-8-20-36-61)54-75(4)47-27-12-28-48-75/h5-41,43,45,47,49-50,66-69,78-81H,42,44,46,48,51-57H2,1-4H3. The highest BCUT2D eigenvalue weighted by atomic mass is 16.3. The molecule has 81 heavy (non-hydrogen) atoms. The van der Waals surface area contributed by atoms with E-state index in [1.165, 1.54) is 11.1 Å². The maximum atomic E-state index is 15.3. The second-order valence-electron chi connectivity index (χ2n) is 25.4. The van der Waals surface area contributed by atoms with E-state index in [1.807, 2.05) is 0 Å². The predicted octanol–water partition coefficient (Wildman–Crippen LogP) is 17.1. The maximum absolute atomic E-state index is 15.3. The smallest absolute Gasteiger partial charge is 0.127 e. The van der Waals surface area contributed by atoms with Crippen molar-refractivity contribution in [2.24, 2.45) is 27.1 Å². The van der Waals surface area contributed by atoms with Crippen LogP contribution in [0.5, 0.6) is 0 Å². The molecule has 0 bridgehead atoms. The summed E-state index contributed by atoms with van der Waals surface area (Å²) in [6.45, 7) is 7.27. The lowest BCUT2D eigenvalue weighted by atomic mass is 9.60. The Labute approximate surface area is 483 Å².